The molecule has 0 unspecified atom stereocenters. The Hall–Kier alpha value is -1.04. The maximum absolute atomic E-state index is 13.0. The van der Waals surface area contributed by atoms with E-state index < -0.39 is 5.92 Å². The maximum atomic E-state index is 13.0. The number of alkyl halides is 2. The van der Waals surface area contributed by atoms with Gasteiger partial charge in [-0.2, -0.15) is 0 Å². The molecular weight excluding hydrogens is 274 g/mol. The fourth-order valence-corrected chi connectivity index (χ4v) is 3.20. The van der Waals surface area contributed by atoms with Gasteiger partial charge in [0.15, 0.2) is 0 Å². The number of piperidine rings is 1. The van der Waals surface area contributed by atoms with Gasteiger partial charge in [0.05, 0.1) is 11.7 Å². The molecule has 1 saturated heterocycles. The van der Waals surface area contributed by atoms with Crippen LogP contribution in [0.1, 0.15) is 58.2 Å². The van der Waals surface area contributed by atoms with Crippen LogP contribution in [0, 0.1) is 0 Å². The minimum atomic E-state index is -2.42. The van der Waals surface area contributed by atoms with E-state index in [-0.39, 0.29) is 24.3 Å². The summed E-state index contributed by atoms with van der Waals surface area (Å²) in [5.74, 6) is -2.42. The lowest BCUT2D eigenvalue weighted by molar-refractivity contribution is -0.128. The lowest BCUT2D eigenvalue weighted by Gasteiger charge is -2.45. The molecular formula is C15H24F2N4. The Morgan fingerprint density at radius 1 is 1.14 bits per heavy atom. The first-order valence-electron chi connectivity index (χ1n) is 7.79. The molecule has 1 aliphatic carbocycles. The molecule has 0 bridgehead atoms. The molecule has 118 valence electrons. The molecule has 2 aliphatic rings. The number of likely N-dealkylation sites (tertiary alicyclic amines) is 1. The number of aromatic nitrogens is 3. The summed E-state index contributed by atoms with van der Waals surface area (Å²) in [5, 5.41) is 8.52. The van der Waals surface area contributed by atoms with Crippen molar-refractivity contribution in [2.75, 3.05) is 13.1 Å². The number of nitrogens with zero attached hydrogens (tertiary/aromatic N) is 4. The Morgan fingerprint density at radius 2 is 1.76 bits per heavy atom. The third-order valence-electron chi connectivity index (χ3n) is 4.74. The molecule has 6 heteroatoms. The maximum Gasteiger partial charge on any atom is 0.251 e. The summed E-state index contributed by atoms with van der Waals surface area (Å²) >= 11 is 0. The first-order chi connectivity index (χ1) is 9.74. The van der Waals surface area contributed by atoms with Crippen molar-refractivity contribution in [1.29, 1.82) is 0 Å². The minimum Gasteiger partial charge on any atom is -0.300 e. The van der Waals surface area contributed by atoms with Gasteiger partial charge in [0, 0.05) is 43.6 Å². The predicted molar refractivity (Wildman–Crippen MR) is 76.5 cm³/mol. The van der Waals surface area contributed by atoms with E-state index in [4.69, 9.17) is 0 Å². The van der Waals surface area contributed by atoms with Crippen molar-refractivity contribution in [2.45, 2.75) is 69.9 Å². The van der Waals surface area contributed by atoms with Gasteiger partial charge in [-0.3, -0.25) is 4.90 Å². The van der Waals surface area contributed by atoms with Gasteiger partial charge in [0.25, 0.3) is 5.92 Å². The van der Waals surface area contributed by atoms with Gasteiger partial charge < -0.3 is 0 Å². The van der Waals surface area contributed by atoms with Crippen molar-refractivity contribution in [3.05, 3.63) is 11.9 Å². The zero-order valence-electron chi connectivity index (χ0n) is 13.0. The molecule has 4 nitrogen and oxygen atoms in total. The summed E-state index contributed by atoms with van der Waals surface area (Å²) in [6, 6.07) is 0.437. The Kier molecular flexibility index (Phi) is 3.55. The SMILES string of the molecule is CC(C)(C)c1cn(C2CCN(C3CC(F)(F)C3)CC2)nn1. The zero-order valence-corrected chi connectivity index (χ0v) is 13.0. The monoisotopic (exact) mass is 298 g/mol. The highest BCUT2D eigenvalue weighted by atomic mass is 19.3. The van der Waals surface area contributed by atoms with Crippen LogP contribution in [0.3, 0.4) is 0 Å². The van der Waals surface area contributed by atoms with E-state index in [1.807, 2.05) is 10.9 Å². The number of hydrogen-bond donors (Lipinski definition) is 0. The van der Waals surface area contributed by atoms with Crippen LogP contribution in [0.15, 0.2) is 6.20 Å². The topological polar surface area (TPSA) is 34.0 Å². The summed E-state index contributed by atoms with van der Waals surface area (Å²) in [5.41, 5.74) is 1.01. The lowest BCUT2D eigenvalue weighted by atomic mass is 9.85. The largest absolute Gasteiger partial charge is 0.300 e. The van der Waals surface area contributed by atoms with Gasteiger partial charge in [-0.15, -0.1) is 5.10 Å². The molecule has 1 aliphatic heterocycles. The van der Waals surface area contributed by atoms with E-state index >= 15 is 0 Å². The molecule has 2 heterocycles. The van der Waals surface area contributed by atoms with Crippen LogP contribution in [0.5, 0.6) is 0 Å². The summed E-state index contributed by atoms with van der Waals surface area (Å²) in [4.78, 5) is 2.22. The van der Waals surface area contributed by atoms with Gasteiger partial charge in [0.2, 0.25) is 0 Å². The Balaban J connectivity index is 1.55. The Bertz CT molecular complexity index is 490. The van der Waals surface area contributed by atoms with Crippen molar-refractivity contribution in [3.63, 3.8) is 0 Å². The number of halogens is 2. The molecule has 1 aromatic heterocycles. The third kappa shape index (κ3) is 3.10. The molecule has 0 radical (unpaired) electrons. The first-order valence-corrected chi connectivity index (χ1v) is 7.79. The highest BCUT2D eigenvalue weighted by Gasteiger charge is 2.48. The molecule has 21 heavy (non-hydrogen) atoms. The van der Waals surface area contributed by atoms with Crippen LogP contribution in [0.2, 0.25) is 0 Å². The molecule has 0 amide bonds. The normalized spacial score (nSPS) is 25.0. The minimum absolute atomic E-state index is 0.0104. The van der Waals surface area contributed by atoms with Gasteiger partial charge in [-0.05, 0) is 12.8 Å². The Labute approximate surface area is 124 Å². The lowest BCUT2D eigenvalue weighted by Crippen LogP contribution is -2.53. The van der Waals surface area contributed by atoms with E-state index in [1.54, 1.807) is 0 Å². The summed E-state index contributed by atoms with van der Waals surface area (Å²) < 4.78 is 27.9. The second-order valence-corrected chi connectivity index (χ2v) is 7.52. The highest BCUT2D eigenvalue weighted by molar-refractivity contribution is 5.07. The van der Waals surface area contributed by atoms with Crippen molar-refractivity contribution in [2.24, 2.45) is 0 Å². The van der Waals surface area contributed by atoms with Crippen LogP contribution in [0.25, 0.3) is 0 Å². The number of rotatable bonds is 2. The molecule has 1 aromatic rings. The second-order valence-electron chi connectivity index (χ2n) is 7.52. The molecule has 1 saturated carbocycles. The van der Waals surface area contributed by atoms with Crippen LogP contribution < -0.4 is 0 Å². The molecule has 0 spiro atoms. The smallest absolute Gasteiger partial charge is 0.251 e. The average molecular weight is 298 g/mol. The third-order valence-corrected chi connectivity index (χ3v) is 4.74. The van der Waals surface area contributed by atoms with Gasteiger partial charge in [-0.25, -0.2) is 13.5 Å². The summed E-state index contributed by atoms with van der Waals surface area (Å²) in [7, 11) is 0. The van der Waals surface area contributed by atoms with Crippen LogP contribution >= 0.6 is 0 Å². The summed E-state index contributed by atoms with van der Waals surface area (Å²) in [6.07, 6.45) is 4.05. The highest BCUT2D eigenvalue weighted by Crippen LogP contribution is 2.41. The van der Waals surface area contributed by atoms with E-state index in [1.165, 1.54) is 0 Å². The van der Waals surface area contributed by atoms with Crippen LogP contribution in [-0.4, -0.2) is 44.9 Å². The second kappa shape index (κ2) is 5.00. The van der Waals surface area contributed by atoms with Gasteiger partial charge in [-0.1, -0.05) is 26.0 Å². The predicted octanol–water partition coefficient (Wildman–Crippen LogP) is 3.01. The molecule has 2 fully saturated rings. The Morgan fingerprint density at radius 3 is 2.24 bits per heavy atom. The summed E-state index contributed by atoms with van der Waals surface area (Å²) in [6.45, 7) is 8.15. The van der Waals surface area contributed by atoms with E-state index in [2.05, 4.69) is 36.0 Å². The van der Waals surface area contributed by atoms with Crippen molar-refractivity contribution in [1.82, 2.24) is 19.9 Å². The van der Waals surface area contributed by atoms with E-state index in [0.717, 1.165) is 31.6 Å². The van der Waals surface area contributed by atoms with Crippen molar-refractivity contribution >= 4 is 0 Å². The molecule has 0 N–H and O–H groups in total. The fraction of sp³-hybridized carbons (Fsp3) is 0.867. The van der Waals surface area contributed by atoms with Crippen molar-refractivity contribution in [3.8, 4) is 0 Å². The van der Waals surface area contributed by atoms with Gasteiger partial charge >= 0.3 is 0 Å². The van der Waals surface area contributed by atoms with Gasteiger partial charge in [0.1, 0.15) is 0 Å². The molecule has 3 rings (SSSR count). The van der Waals surface area contributed by atoms with E-state index in [0.29, 0.717) is 6.04 Å². The van der Waals surface area contributed by atoms with Crippen molar-refractivity contribution < 1.29 is 8.78 Å². The average Bonchev–Trinajstić information content (AvgIpc) is 2.85. The first kappa shape index (κ1) is 14.9. The van der Waals surface area contributed by atoms with Crippen LogP contribution in [0.4, 0.5) is 8.78 Å². The van der Waals surface area contributed by atoms with E-state index in [9.17, 15) is 8.78 Å². The standard InChI is InChI=1S/C15H24F2N4/c1-14(2,3)13-10-21(19-18-13)11-4-6-20(7-5-11)12-8-15(16,17)9-12/h10-12H,4-9H2,1-3H3. The molecule has 0 aromatic carbocycles. The quantitative estimate of drug-likeness (QED) is 0.841. The zero-order chi connectivity index (χ0) is 15.3. The fourth-order valence-electron chi connectivity index (χ4n) is 3.20. The number of hydrogen-bond acceptors (Lipinski definition) is 3. The molecule has 0 atom stereocenters. The van der Waals surface area contributed by atoms with Crippen LogP contribution in [-0.2, 0) is 5.41 Å².